The van der Waals surface area contributed by atoms with Crippen LogP contribution in [0.25, 0.3) is 5.65 Å². The zero-order valence-electron chi connectivity index (χ0n) is 15.4. The third kappa shape index (κ3) is 4.05. The van der Waals surface area contributed by atoms with Crippen LogP contribution in [0, 0.1) is 0 Å². The SMILES string of the molecule is CC(c1ccc(Cl)cc1)N1CCN(Cc2cc(=O)n3ccccc3n2)CC1. The molecule has 27 heavy (non-hydrogen) atoms. The van der Waals surface area contributed by atoms with Gasteiger partial charge in [0.15, 0.2) is 0 Å². The number of hydrogen-bond acceptors (Lipinski definition) is 4. The van der Waals surface area contributed by atoms with Crippen LogP contribution in [0.15, 0.2) is 59.5 Å². The second-order valence-corrected chi connectivity index (χ2v) is 7.49. The van der Waals surface area contributed by atoms with Crippen molar-refractivity contribution in [2.24, 2.45) is 0 Å². The standard InChI is InChI=1S/C21H23ClN4O/c1-16(17-5-7-18(22)8-6-17)25-12-10-24(11-13-25)15-19-14-21(27)26-9-3-2-4-20(26)23-19/h2-9,14,16H,10-13,15H2,1H3. The molecule has 1 fully saturated rings. The minimum atomic E-state index is -0.0226. The summed E-state index contributed by atoms with van der Waals surface area (Å²) in [4.78, 5) is 21.7. The van der Waals surface area contributed by atoms with Gasteiger partial charge in [0, 0.05) is 56.1 Å². The van der Waals surface area contributed by atoms with Crippen LogP contribution >= 0.6 is 11.6 Å². The molecule has 0 bridgehead atoms. The molecule has 0 N–H and O–H groups in total. The Labute approximate surface area is 163 Å². The number of benzene rings is 1. The molecule has 3 aromatic rings. The molecule has 1 unspecified atom stereocenters. The van der Waals surface area contributed by atoms with Crippen LogP contribution in [-0.4, -0.2) is 45.4 Å². The minimum absolute atomic E-state index is 0.0226. The summed E-state index contributed by atoms with van der Waals surface area (Å²) in [5.74, 6) is 0. The molecule has 2 aromatic heterocycles. The molecule has 1 saturated heterocycles. The van der Waals surface area contributed by atoms with Crippen molar-refractivity contribution < 1.29 is 0 Å². The summed E-state index contributed by atoms with van der Waals surface area (Å²) in [6.45, 7) is 6.88. The first-order valence-electron chi connectivity index (χ1n) is 9.29. The molecular weight excluding hydrogens is 360 g/mol. The first kappa shape index (κ1) is 18.2. The summed E-state index contributed by atoms with van der Waals surface area (Å²) < 4.78 is 1.58. The topological polar surface area (TPSA) is 40.9 Å². The second-order valence-electron chi connectivity index (χ2n) is 7.05. The molecule has 0 amide bonds. The zero-order valence-corrected chi connectivity index (χ0v) is 16.1. The van der Waals surface area contributed by atoms with Crippen molar-refractivity contribution in [1.29, 1.82) is 0 Å². The molecule has 0 saturated carbocycles. The lowest BCUT2D eigenvalue weighted by Crippen LogP contribution is -2.46. The van der Waals surface area contributed by atoms with Crippen LogP contribution in [0.1, 0.15) is 24.2 Å². The third-order valence-electron chi connectivity index (χ3n) is 5.32. The Hall–Kier alpha value is -2.21. The van der Waals surface area contributed by atoms with E-state index in [-0.39, 0.29) is 5.56 Å². The van der Waals surface area contributed by atoms with Crippen molar-refractivity contribution in [2.45, 2.75) is 19.5 Å². The first-order chi connectivity index (χ1) is 13.1. The first-order valence-corrected chi connectivity index (χ1v) is 9.67. The highest BCUT2D eigenvalue weighted by atomic mass is 35.5. The average Bonchev–Trinajstić information content (AvgIpc) is 2.69. The number of aromatic nitrogens is 2. The summed E-state index contributed by atoms with van der Waals surface area (Å²) in [6.07, 6.45) is 1.76. The Balaban J connectivity index is 1.39. The quantitative estimate of drug-likeness (QED) is 0.694. The number of piperazine rings is 1. The molecule has 140 valence electrons. The Morgan fingerprint density at radius 2 is 1.81 bits per heavy atom. The van der Waals surface area contributed by atoms with Gasteiger partial charge in [0.2, 0.25) is 0 Å². The van der Waals surface area contributed by atoms with Crippen molar-refractivity contribution in [2.75, 3.05) is 26.2 Å². The van der Waals surface area contributed by atoms with E-state index in [1.807, 2.05) is 30.3 Å². The van der Waals surface area contributed by atoms with E-state index >= 15 is 0 Å². The number of halogens is 1. The highest BCUT2D eigenvalue weighted by Gasteiger charge is 2.22. The number of nitrogens with zero attached hydrogens (tertiary/aromatic N) is 4. The monoisotopic (exact) mass is 382 g/mol. The van der Waals surface area contributed by atoms with Gasteiger partial charge in [-0.25, -0.2) is 4.98 Å². The van der Waals surface area contributed by atoms with Gasteiger partial charge in [0.05, 0.1) is 5.69 Å². The molecule has 1 aromatic carbocycles. The van der Waals surface area contributed by atoms with E-state index in [2.05, 4.69) is 33.8 Å². The lowest BCUT2D eigenvalue weighted by atomic mass is 10.1. The Bertz CT molecular complexity index is 977. The molecule has 1 aliphatic rings. The number of fused-ring (bicyclic) bond motifs is 1. The molecule has 0 radical (unpaired) electrons. The predicted molar refractivity (Wildman–Crippen MR) is 108 cm³/mol. The highest BCUT2D eigenvalue weighted by molar-refractivity contribution is 6.30. The Morgan fingerprint density at radius 3 is 2.56 bits per heavy atom. The van der Waals surface area contributed by atoms with E-state index in [9.17, 15) is 4.79 Å². The van der Waals surface area contributed by atoms with Gasteiger partial charge in [-0.3, -0.25) is 19.0 Å². The van der Waals surface area contributed by atoms with Crippen molar-refractivity contribution in [3.8, 4) is 0 Å². The van der Waals surface area contributed by atoms with Gasteiger partial charge in [0.1, 0.15) is 5.65 Å². The van der Waals surface area contributed by atoms with Crippen LogP contribution in [-0.2, 0) is 6.54 Å². The van der Waals surface area contributed by atoms with E-state index in [4.69, 9.17) is 11.6 Å². The molecule has 6 heteroatoms. The second kappa shape index (κ2) is 7.80. The van der Waals surface area contributed by atoms with E-state index in [1.54, 1.807) is 16.7 Å². The Morgan fingerprint density at radius 1 is 1.07 bits per heavy atom. The van der Waals surface area contributed by atoms with Gasteiger partial charge in [-0.2, -0.15) is 0 Å². The third-order valence-corrected chi connectivity index (χ3v) is 5.57. The van der Waals surface area contributed by atoms with Crippen molar-refractivity contribution in [3.63, 3.8) is 0 Å². The van der Waals surface area contributed by atoms with Crippen molar-refractivity contribution in [1.82, 2.24) is 19.2 Å². The predicted octanol–water partition coefficient (Wildman–Crippen LogP) is 3.23. The number of rotatable bonds is 4. The van der Waals surface area contributed by atoms with E-state index in [0.717, 1.165) is 36.9 Å². The van der Waals surface area contributed by atoms with Crippen LogP contribution in [0.3, 0.4) is 0 Å². The normalized spacial score (nSPS) is 17.3. The zero-order chi connectivity index (χ0) is 18.8. The van der Waals surface area contributed by atoms with Crippen LogP contribution in [0.2, 0.25) is 5.02 Å². The van der Waals surface area contributed by atoms with Gasteiger partial charge >= 0.3 is 0 Å². The maximum Gasteiger partial charge on any atom is 0.258 e. The summed E-state index contributed by atoms with van der Waals surface area (Å²) in [7, 11) is 0. The summed E-state index contributed by atoms with van der Waals surface area (Å²) >= 11 is 6.00. The molecule has 0 spiro atoms. The Kier molecular flexibility index (Phi) is 5.25. The lowest BCUT2D eigenvalue weighted by molar-refractivity contribution is 0.0971. The maximum absolute atomic E-state index is 12.3. The smallest absolute Gasteiger partial charge is 0.258 e. The van der Waals surface area contributed by atoms with Gasteiger partial charge < -0.3 is 0 Å². The summed E-state index contributed by atoms with van der Waals surface area (Å²) in [5.41, 5.74) is 2.81. The minimum Gasteiger partial charge on any atom is -0.295 e. The lowest BCUT2D eigenvalue weighted by Gasteiger charge is -2.38. The highest BCUT2D eigenvalue weighted by Crippen LogP contribution is 2.23. The van der Waals surface area contributed by atoms with E-state index in [1.165, 1.54) is 5.56 Å². The van der Waals surface area contributed by atoms with Gasteiger partial charge in [0.25, 0.3) is 5.56 Å². The van der Waals surface area contributed by atoms with Crippen molar-refractivity contribution in [3.05, 3.63) is 81.4 Å². The molecule has 4 rings (SSSR count). The summed E-state index contributed by atoms with van der Waals surface area (Å²) in [5, 5.41) is 0.773. The van der Waals surface area contributed by atoms with Gasteiger partial charge in [-0.1, -0.05) is 29.8 Å². The molecule has 3 heterocycles. The maximum atomic E-state index is 12.3. The van der Waals surface area contributed by atoms with E-state index < -0.39 is 0 Å². The van der Waals surface area contributed by atoms with E-state index in [0.29, 0.717) is 18.2 Å². The fraction of sp³-hybridized carbons (Fsp3) is 0.333. The molecule has 5 nitrogen and oxygen atoms in total. The summed E-state index contributed by atoms with van der Waals surface area (Å²) in [6, 6.07) is 15.7. The number of hydrogen-bond donors (Lipinski definition) is 0. The fourth-order valence-corrected chi connectivity index (χ4v) is 3.80. The fourth-order valence-electron chi connectivity index (χ4n) is 3.67. The van der Waals surface area contributed by atoms with Gasteiger partial charge in [-0.15, -0.1) is 0 Å². The van der Waals surface area contributed by atoms with Crippen LogP contribution < -0.4 is 5.56 Å². The van der Waals surface area contributed by atoms with Crippen molar-refractivity contribution >= 4 is 17.2 Å². The molecule has 1 atom stereocenters. The van der Waals surface area contributed by atoms with Crippen LogP contribution in [0.5, 0.6) is 0 Å². The largest absolute Gasteiger partial charge is 0.295 e. The average molecular weight is 383 g/mol. The molecule has 0 aliphatic carbocycles. The van der Waals surface area contributed by atoms with Crippen LogP contribution in [0.4, 0.5) is 0 Å². The number of pyridine rings is 1. The molecule has 1 aliphatic heterocycles. The molecular formula is C21H23ClN4O. The van der Waals surface area contributed by atoms with Gasteiger partial charge in [-0.05, 0) is 36.8 Å².